The molecule has 0 aromatic carbocycles. The SMILES string of the molecule is CCCC[C@H](O)CN1CCCCC1. The van der Waals surface area contributed by atoms with Crippen molar-refractivity contribution in [2.75, 3.05) is 19.6 Å². The van der Waals surface area contributed by atoms with Crippen LogP contribution >= 0.6 is 0 Å². The van der Waals surface area contributed by atoms with Gasteiger partial charge in [-0.2, -0.15) is 0 Å². The number of hydrogen-bond acceptors (Lipinski definition) is 2. The standard InChI is InChI=1S/C11H23NO/c1-2-3-7-11(13)10-12-8-5-4-6-9-12/h11,13H,2-10H2,1H3/t11-/m0/s1. The van der Waals surface area contributed by atoms with Crippen LogP contribution in [0.4, 0.5) is 0 Å². The summed E-state index contributed by atoms with van der Waals surface area (Å²) in [6.45, 7) is 5.47. The molecule has 0 saturated carbocycles. The van der Waals surface area contributed by atoms with Crippen molar-refractivity contribution >= 4 is 0 Å². The van der Waals surface area contributed by atoms with Crippen LogP contribution in [0.1, 0.15) is 45.4 Å². The lowest BCUT2D eigenvalue weighted by molar-refractivity contribution is 0.0931. The van der Waals surface area contributed by atoms with Crippen LogP contribution in [0.25, 0.3) is 0 Å². The highest BCUT2D eigenvalue weighted by atomic mass is 16.3. The lowest BCUT2D eigenvalue weighted by Crippen LogP contribution is -2.36. The second kappa shape index (κ2) is 6.39. The lowest BCUT2D eigenvalue weighted by Gasteiger charge is -2.28. The molecular formula is C11H23NO. The van der Waals surface area contributed by atoms with Crippen LogP contribution in [0.5, 0.6) is 0 Å². The number of aliphatic hydroxyl groups is 1. The summed E-state index contributed by atoms with van der Waals surface area (Å²) < 4.78 is 0. The smallest absolute Gasteiger partial charge is 0.0667 e. The maximum absolute atomic E-state index is 9.69. The fraction of sp³-hybridized carbons (Fsp3) is 1.00. The summed E-state index contributed by atoms with van der Waals surface area (Å²) in [7, 11) is 0. The molecule has 0 bridgehead atoms. The zero-order valence-corrected chi connectivity index (χ0v) is 8.84. The van der Waals surface area contributed by atoms with Crippen molar-refractivity contribution < 1.29 is 5.11 Å². The number of piperidine rings is 1. The molecule has 2 nitrogen and oxygen atoms in total. The molecule has 0 amide bonds. The van der Waals surface area contributed by atoms with Gasteiger partial charge in [-0.15, -0.1) is 0 Å². The number of β-amino-alcohol motifs (C(OH)–C–C–N with tert-alkyl or cyclic N) is 1. The highest BCUT2D eigenvalue weighted by molar-refractivity contribution is 4.68. The molecule has 2 heteroatoms. The average molecular weight is 185 g/mol. The van der Waals surface area contributed by atoms with Gasteiger partial charge in [0.25, 0.3) is 0 Å². The van der Waals surface area contributed by atoms with Crippen molar-refractivity contribution in [1.82, 2.24) is 4.90 Å². The minimum absolute atomic E-state index is 0.0851. The van der Waals surface area contributed by atoms with Gasteiger partial charge in [-0.1, -0.05) is 26.2 Å². The Hall–Kier alpha value is -0.0800. The third-order valence-corrected chi connectivity index (χ3v) is 2.81. The fourth-order valence-corrected chi connectivity index (χ4v) is 1.97. The highest BCUT2D eigenvalue weighted by Gasteiger charge is 2.13. The largest absolute Gasteiger partial charge is 0.392 e. The Morgan fingerprint density at radius 2 is 1.92 bits per heavy atom. The predicted octanol–water partition coefficient (Wildman–Crippen LogP) is 2.02. The molecule has 1 heterocycles. The van der Waals surface area contributed by atoms with Crippen molar-refractivity contribution in [3.63, 3.8) is 0 Å². The summed E-state index contributed by atoms with van der Waals surface area (Å²) in [5.41, 5.74) is 0. The van der Waals surface area contributed by atoms with Gasteiger partial charge in [-0.25, -0.2) is 0 Å². The van der Waals surface area contributed by atoms with Crippen molar-refractivity contribution in [2.45, 2.75) is 51.6 Å². The number of hydrogen-bond donors (Lipinski definition) is 1. The molecule has 1 aliphatic rings. The average Bonchev–Trinajstić information content (AvgIpc) is 2.16. The first kappa shape index (κ1) is 11.0. The van der Waals surface area contributed by atoms with Gasteiger partial charge in [0.05, 0.1) is 6.10 Å². The fourth-order valence-electron chi connectivity index (χ4n) is 1.97. The van der Waals surface area contributed by atoms with Gasteiger partial charge in [0, 0.05) is 6.54 Å². The highest BCUT2D eigenvalue weighted by Crippen LogP contribution is 2.10. The van der Waals surface area contributed by atoms with Gasteiger partial charge >= 0.3 is 0 Å². The maximum Gasteiger partial charge on any atom is 0.0667 e. The molecular weight excluding hydrogens is 162 g/mol. The van der Waals surface area contributed by atoms with E-state index in [9.17, 15) is 5.11 Å². The van der Waals surface area contributed by atoms with E-state index < -0.39 is 0 Å². The molecule has 13 heavy (non-hydrogen) atoms. The molecule has 0 unspecified atom stereocenters. The van der Waals surface area contributed by atoms with Crippen molar-refractivity contribution in [3.05, 3.63) is 0 Å². The Balaban J connectivity index is 2.07. The topological polar surface area (TPSA) is 23.5 Å². The molecule has 1 atom stereocenters. The van der Waals surface area contributed by atoms with E-state index in [1.807, 2.05) is 0 Å². The predicted molar refractivity (Wildman–Crippen MR) is 55.8 cm³/mol. The van der Waals surface area contributed by atoms with E-state index in [0.29, 0.717) is 0 Å². The molecule has 0 aliphatic carbocycles. The summed E-state index contributed by atoms with van der Waals surface area (Å²) in [5, 5.41) is 9.69. The molecule has 0 radical (unpaired) electrons. The van der Waals surface area contributed by atoms with Crippen LogP contribution in [0, 0.1) is 0 Å². The first-order valence-corrected chi connectivity index (χ1v) is 5.73. The molecule has 0 spiro atoms. The Morgan fingerprint density at radius 1 is 1.23 bits per heavy atom. The molecule has 78 valence electrons. The van der Waals surface area contributed by atoms with Crippen LogP contribution in [-0.2, 0) is 0 Å². The monoisotopic (exact) mass is 185 g/mol. The van der Waals surface area contributed by atoms with Crippen LogP contribution < -0.4 is 0 Å². The molecule has 1 rings (SSSR count). The summed E-state index contributed by atoms with van der Waals surface area (Å²) in [6, 6.07) is 0. The van der Waals surface area contributed by atoms with E-state index in [1.165, 1.54) is 38.8 Å². The number of nitrogens with zero attached hydrogens (tertiary/aromatic N) is 1. The first-order chi connectivity index (χ1) is 6.33. The van der Waals surface area contributed by atoms with Gasteiger partial charge < -0.3 is 10.0 Å². The van der Waals surface area contributed by atoms with Gasteiger partial charge in [-0.3, -0.25) is 0 Å². The second-order valence-electron chi connectivity index (χ2n) is 4.16. The minimum Gasteiger partial charge on any atom is -0.392 e. The lowest BCUT2D eigenvalue weighted by atomic mass is 10.1. The molecule has 0 aromatic heterocycles. The maximum atomic E-state index is 9.69. The number of rotatable bonds is 5. The zero-order chi connectivity index (χ0) is 9.52. The Morgan fingerprint density at radius 3 is 2.54 bits per heavy atom. The number of aliphatic hydroxyl groups excluding tert-OH is 1. The Labute approximate surface area is 81.9 Å². The van der Waals surface area contributed by atoms with Crippen LogP contribution in [0.3, 0.4) is 0 Å². The van der Waals surface area contributed by atoms with Gasteiger partial charge in [0.2, 0.25) is 0 Å². The van der Waals surface area contributed by atoms with Gasteiger partial charge in [-0.05, 0) is 32.4 Å². The van der Waals surface area contributed by atoms with Crippen molar-refractivity contribution in [3.8, 4) is 0 Å². The number of unbranched alkanes of at least 4 members (excludes halogenated alkanes) is 1. The number of likely N-dealkylation sites (tertiary alicyclic amines) is 1. The van der Waals surface area contributed by atoms with E-state index in [4.69, 9.17) is 0 Å². The molecule has 1 fully saturated rings. The Bertz CT molecular complexity index is 121. The van der Waals surface area contributed by atoms with Crippen molar-refractivity contribution in [2.24, 2.45) is 0 Å². The minimum atomic E-state index is -0.0851. The van der Waals surface area contributed by atoms with E-state index in [1.54, 1.807) is 0 Å². The third-order valence-electron chi connectivity index (χ3n) is 2.81. The normalized spacial score (nSPS) is 21.7. The summed E-state index contributed by atoms with van der Waals surface area (Å²) in [6.07, 6.45) is 7.26. The summed E-state index contributed by atoms with van der Waals surface area (Å²) >= 11 is 0. The first-order valence-electron chi connectivity index (χ1n) is 5.73. The molecule has 1 N–H and O–H groups in total. The van der Waals surface area contributed by atoms with E-state index in [2.05, 4.69) is 11.8 Å². The Kier molecular flexibility index (Phi) is 5.40. The zero-order valence-electron chi connectivity index (χ0n) is 8.84. The van der Waals surface area contributed by atoms with Crippen LogP contribution in [-0.4, -0.2) is 35.7 Å². The van der Waals surface area contributed by atoms with Crippen LogP contribution in [0.2, 0.25) is 0 Å². The molecule has 0 aromatic rings. The molecule has 1 aliphatic heterocycles. The van der Waals surface area contributed by atoms with Gasteiger partial charge in [0.15, 0.2) is 0 Å². The van der Waals surface area contributed by atoms with E-state index in [-0.39, 0.29) is 6.10 Å². The summed E-state index contributed by atoms with van der Waals surface area (Å²) in [5.74, 6) is 0. The third kappa shape index (κ3) is 4.63. The summed E-state index contributed by atoms with van der Waals surface area (Å²) in [4.78, 5) is 2.41. The second-order valence-corrected chi connectivity index (χ2v) is 4.16. The molecule has 1 saturated heterocycles. The van der Waals surface area contributed by atoms with E-state index in [0.717, 1.165) is 19.4 Å². The van der Waals surface area contributed by atoms with Gasteiger partial charge in [0.1, 0.15) is 0 Å². The van der Waals surface area contributed by atoms with E-state index >= 15 is 0 Å². The quantitative estimate of drug-likeness (QED) is 0.708. The van der Waals surface area contributed by atoms with Crippen molar-refractivity contribution in [1.29, 1.82) is 0 Å². The van der Waals surface area contributed by atoms with Crippen LogP contribution in [0.15, 0.2) is 0 Å².